The van der Waals surface area contributed by atoms with Crippen LogP contribution in [0.5, 0.6) is 0 Å². The van der Waals surface area contributed by atoms with Gasteiger partial charge in [-0.05, 0) is 37.6 Å². The molecule has 0 unspecified atom stereocenters. The van der Waals surface area contributed by atoms with Crippen molar-refractivity contribution in [2.45, 2.75) is 27.2 Å². The highest BCUT2D eigenvalue weighted by Gasteiger charge is 2.15. The molecule has 1 aromatic rings. The molecular formula is C15H20N2O3. The minimum absolute atomic E-state index is 0.0191. The Morgan fingerprint density at radius 2 is 1.70 bits per heavy atom. The van der Waals surface area contributed by atoms with Crippen molar-refractivity contribution in [1.29, 1.82) is 0 Å². The van der Waals surface area contributed by atoms with Crippen LogP contribution in [-0.4, -0.2) is 30.7 Å². The summed E-state index contributed by atoms with van der Waals surface area (Å²) >= 11 is 0. The van der Waals surface area contributed by atoms with Crippen LogP contribution in [0.3, 0.4) is 0 Å². The Bertz CT molecular complexity index is 494. The zero-order chi connectivity index (χ0) is 15.1. The Morgan fingerprint density at radius 3 is 2.15 bits per heavy atom. The fourth-order valence-electron chi connectivity index (χ4n) is 1.72. The number of carbonyl (C=O) groups excluding carboxylic acids is 3. The molecule has 2 amide bonds. The molecule has 5 nitrogen and oxygen atoms in total. The second-order valence-corrected chi connectivity index (χ2v) is 4.56. The van der Waals surface area contributed by atoms with Crippen LogP contribution in [0, 0.1) is 0 Å². The maximum absolute atomic E-state index is 11.7. The summed E-state index contributed by atoms with van der Waals surface area (Å²) in [7, 11) is 0. The first-order chi connectivity index (χ1) is 9.45. The number of hydrogen-bond acceptors (Lipinski definition) is 3. The lowest BCUT2D eigenvalue weighted by molar-refractivity contribution is -0.123. The van der Waals surface area contributed by atoms with E-state index in [2.05, 4.69) is 5.32 Å². The molecule has 0 aliphatic heterocycles. The molecule has 0 aromatic heterocycles. The highest BCUT2D eigenvalue weighted by molar-refractivity contribution is 5.98. The molecule has 0 aliphatic carbocycles. The quantitative estimate of drug-likeness (QED) is 0.805. The molecule has 1 N–H and O–H groups in total. The molecule has 1 aromatic carbocycles. The number of nitrogens with zero attached hydrogens (tertiary/aromatic N) is 1. The number of nitrogens with one attached hydrogen (secondary N) is 1. The largest absolute Gasteiger partial charge is 0.355 e. The second-order valence-electron chi connectivity index (χ2n) is 4.56. The summed E-state index contributed by atoms with van der Waals surface area (Å²) in [5, 5.41) is 2.73. The van der Waals surface area contributed by atoms with E-state index < -0.39 is 0 Å². The monoisotopic (exact) mass is 276 g/mol. The number of anilines is 1. The average Bonchev–Trinajstić information content (AvgIpc) is 2.42. The first kappa shape index (κ1) is 15.9. The van der Waals surface area contributed by atoms with Gasteiger partial charge in [0.25, 0.3) is 0 Å². The van der Waals surface area contributed by atoms with Crippen LogP contribution in [0.2, 0.25) is 0 Å². The normalized spacial score (nSPS) is 9.95. The van der Waals surface area contributed by atoms with Gasteiger partial charge in [0.15, 0.2) is 5.78 Å². The van der Waals surface area contributed by atoms with Gasteiger partial charge >= 0.3 is 0 Å². The maximum atomic E-state index is 11.7. The van der Waals surface area contributed by atoms with Gasteiger partial charge in [0.05, 0.1) is 0 Å². The van der Waals surface area contributed by atoms with E-state index in [1.165, 1.54) is 18.7 Å². The van der Waals surface area contributed by atoms with Gasteiger partial charge in [0.2, 0.25) is 11.8 Å². The summed E-state index contributed by atoms with van der Waals surface area (Å²) in [6.45, 7) is 5.42. The first-order valence-electron chi connectivity index (χ1n) is 6.61. The van der Waals surface area contributed by atoms with E-state index in [0.717, 1.165) is 6.42 Å². The molecule has 0 saturated carbocycles. The Labute approximate surface area is 119 Å². The Balaban J connectivity index is 2.83. The molecule has 0 aliphatic rings. The predicted molar refractivity (Wildman–Crippen MR) is 77.8 cm³/mol. The molecule has 1 rings (SSSR count). The average molecular weight is 276 g/mol. The summed E-state index contributed by atoms with van der Waals surface area (Å²) in [6.07, 6.45) is 0.846. The molecule has 0 atom stereocenters. The van der Waals surface area contributed by atoms with E-state index >= 15 is 0 Å². The Hall–Kier alpha value is -2.17. The van der Waals surface area contributed by atoms with Crippen molar-refractivity contribution in [3.8, 4) is 0 Å². The molecule has 0 heterocycles. The smallest absolute Gasteiger partial charge is 0.240 e. The lowest BCUT2D eigenvalue weighted by Gasteiger charge is -2.20. The van der Waals surface area contributed by atoms with Crippen LogP contribution in [0.4, 0.5) is 5.69 Å². The summed E-state index contributed by atoms with van der Waals surface area (Å²) in [6, 6.07) is 6.64. The van der Waals surface area contributed by atoms with Crippen molar-refractivity contribution in [1.82, 2.24) is 5.32 Å². The third kappa shape index (κ3) is 4.50. The van der Waals surface area contributed by atoms with E-state index in [0.29, 0.717) is 17.8 Å². The molecular weight excluding hydrogens is 256 g/mol. The molecule has 0 bridgehead atoms. The molecule has 5 heteroatoms. The number of amides is 2. The summed E-state index contributed by atoms with van der Waals surface area (Å²) in [5.74, 6) is -0.448. The van der Waals surface area contributed by atoms with Crippen LogP contribution < -0.4 is 10.2 Å². The number of rotatable bonds is 6. The van der Waals surface area contributed by atoms with E-state index in [1.54, 1.807) is 24.3 Å². The second kappa shape index (κ2) is 7.43. The van der Waals surface area contributed by atoms with Gasteiger partial charge in [-0.3, -0.25) is 14.4 Å². The van der Waals surface area contributed by atoms with Crippen molar-refractivity contribution < 1.29 is 14.4 Å². The van der Waals surface area contributed by atoms with Crippen LogP contribution in [0.25, 0.3) is 0 Å². The van der Waals surface area contributed by atoms with Gasteiger partial charge in [-0.15, -0.1) is 0 Å². The molecule has 0 radical (unpaired) electrons. The molecule has 0 fully saturated rings. The highest BCUT2D eigenvalue weighted by atomic mass is 16.2. The molecule has 108 valence electrons. The standard InChI is InChI=1S/C15H20N2O3/c1-4-9-16-15(20)10-17(12(3)19)14-7-5-13(6-8-14)11(2)18/h5-8H,4,9-10H2,1-3H3,(H,16,20). The predicted octanol–water partition coefficient (Wildman–Crippen LogP) is 1.77. The Kier molecular flexibility index (Phi) is 5.90. The van der Waals surface area contributed by atoms with E-state index in [4.69, 9.17) is 0 Å². The number of benzene rings is 1. The van der Waals surface area contributed by atoms with Crippen LogP contribution in [0.15, 0.2) is 24.3 Å². The van der Waals surface area contributed by atoms with Crippen molar-refractivity contribution in [2.24, 2.45) is 0 Å². The zero-order valence-electron chi connectivity index (χ0n) is 12.1. The summed E-state index contributed by atoms with van der Waals surface area (Å²) in [5.41, 5.74) is 1.18. The van der Waals surface area contributed by atoms with Crippen LogP contribution >= 0.6 is 0 Å². The lowest BCUT2D eigenvalue weighted by Crippen LogP contribution is -2.40. The van der Waals surface area contributed by atoms with Gasteiger partial charge in [-0.2, -0.15) is 0 Å². The van der Waals surface area contributed by atoms with Crippen LogP contribution in [-0.2, 0) is 9.59 Å². The zero-order valence-corrected chi connectivity index (χ0v) is 12.1. The first-order valence-corrected chi connectivity index (χ1v) is 6.61. The third-order valence-electron chi connectivity index (χ3n) is 2.84. The fraction of sp³-hybridized carbons (Fsp3) is 0.400. The van der Waals surface area contributed by atoms with Gasteiger partial charge in [-0.1, -0.05) is 6.92 Å². The molecule has 0 saturated heterocycles. The van der Waals surface area contributed by atoms with Crippen molar-refractivity contribution in [3.05, 3.63) is 29.8 Å². The minimum atomic E-state index is -0.216. The molecule has 20 heavy (non-hydrogen) atoms. The van der Waals surface area contributed by atoms with Crippen LogP contribution in [0.1, 0.15) is 37.6 Å². The number of hydrogen-bond donors (Lipinski definition) is 1. The van der Waals surface area contributed by atoms with Gasteiger partial charge in [0.1, 0.15) is 6.54 Å². The maximum Gasteiger partial charge on any atom is 0.240 e. The summed E-state index contributed by atoms with van der Waals surface area (Å²) in [4.78, 5) is 36.0. The lowest BCUT2D eigenvalue weighted by atomic mass is 10.1. The fourth-order valence-corrected chi connectivity index (χ4v) is 1.72. The molecule has 0 spiro atoms. The number of carbonyl (C=O) groups is 3. The van der Waals surface area contributed by atoms with Crippen molar-refractivity contribution >= 4 is 23.3 Å². The topological polar surface area (TPSA) is 66.5 Å². The van der Waals surface area contributed by atoms with E-state index in [-0.39, 0.29) is 24.1 Å². The minimum Gasteiger partial charge on any atom is -0.355 e. The highest BCUT2D eigenvalue weighted by Crippen LogP contribution is 2.15. The third-order valence-corrected chi connectivity index (χ3v) is 2.84. The van der Waals surface area contributed by atoms with Gasteiger partial charge in [-0.25, -0.2) is 0 Å². The van der Waals surface area contributed by atoms with Gasteiger partial charge in [0, 0.05) is 24.7 Å². The summed E-state index contributed by atoms with van der Waals surface area (Å²) < 4.78 is 0. The van der Waals surface area contributed by atoms with Crippen molar-refractivity contribution in [2.75, 3.05) is 18.0 Å². The SMILES string of the molecule is CCCNC(=O)CN(C(C)=O)c1ccc(C(C)=O)cc1. The van der Waals surface area contributed by atoms with E-state index in [1.807, 2.05) is 6.92 Å². The van der Waals surface area contributed by atoms with Crippen molar-refractivity contribution in [3.63, 3.8) is 0 Å². The number of ketones is 1. The van der Waals surface area contributed by atoms with E-state index in [9.17, 15) is 14.4 Å². The number of Topliss-reactive ketones (excluding diaryl/α,β-unsaturated/α-hetero) is 1. The van der Waals surface area contributed by atoms with Gasteiger partial charge < -0.3 is 10.2 Å². The Morgan fingerprint density at radius 1 is 1.10 bits per heavy atom.